The normalized spacial score (nSPS) is 21.9. The summed E-state index contributed by atoms with van der Waals surface area (Å²) >= 11 is 0. The molecule has 1 fully saturated rings. The number of amides is 1. The molecule has 2 N–H and O–H groups in total. The van der Waals surface area contributed by atoms with Gasteiger partial charge < -0.3 is 10.6 Å². The smallest absolute Gasteiger partial charge is 0.224 e. The minimum Gasteiger partial charge on any atom is -0.356 e. The molecule has 1 heterocycles. The van der Waals surface area contributed by atoms with E-state index in [1.807, 2.05) is 0 Å². The Hall–Kier alpha value is -0.570. The summed E-state index contributed by atoms with van der Waals surface area (Å²) in [4.78, 5) is 11.6. The number of piperidine rings is 1. The van der Waals surface area contributed by atoms with Crippen molar-refractivity contribution < 1.29 is 4.79 Å². The maximum Gasteiger partial charge on any atom is 0.224 e. The standard InChI is InChI=1S/C11H22N2O/c1-2-3-4-8-13-11(14)10-6-5-7-12-9-10/h10,12H,2-9H2,1H3,(H,13,14). The van der Waals surface area contributed by atoms with Crippen molar-refractivity contribution in [2.45, 2.75) is 39.0 Å². The molecule has 0 bridgehead atoms. The fourth-order valence-electron chi connectivity index (χ4n) is 1.81. The predicted molar refractivity (Wildman–Crippen MR) is 58.1 cm³/mol. The highest BCUT2D eigenvalue weighted by molar-refractivity contribution is 5.78. The van der Waals surface area contributed by atoms with Crippen LogP contribution in [0.15, 0.2) is 0 Å². The lowest BCUT2D eigenvalue weighted by Crippen LogP contribution is -2.40. The summed E-state index contributed by atoms with van der Waals surface area (Å²) in [5, 5.41) is 6.26. The molecule has 3 nitrogen and oxygen atoms in total. The first kappa shape index (κ1) is 11.5. The van der Waals surface area contributed by atoms with E-state index in [4.69, 9.17) is 0 Å². The second-order valence-corrected chi connectivity index (χ2v) is 4.04. The van der Waals surface area contributed by atoms with Crippen molar-refractivity contribution in [1.82, 2.24) is 10.6 Å². The zero-order valence-corrected chi connectivity index (χ0v) is 9.14. The first-order chi connectivity index (χ1) is 6.84. The molecule has 82 valence electrons. The van der Waals surface area contributed by atoms with Crippen molar-refractivity contribution in [3.05, 3.63) is 0 Å². The topological polar surface area (TPSA) is 41.1 Å². The lowest BCUT2D eigenvalue weighted by atomic mass is 9.99. The van der Waals surface area contributed by atoms with Crippen molar-refractivity contribution in [2.24, 2.45) is 5.92 Å². The third kappa shape index (κ3) is 4.09. The molecule has 3 heteroatoms. The largest absolute Gasteiger partial charge is 0.356 e. The molecule has 0 aliphatic carbocycles. The van der Waals surface area contributed by atoms with Gasteiger partial charge in [-0.05, 0) is 25.8 Å². The zero-order chi connectivity index (χ0) is 10.2. The number of carbonyl (C=O) groups excluding carboxylic acids is 1. The Labute approximate surface area is 86.6 Å². The summed E-state index contributed by atoms with van der Waals surface area (Å²) in [5.74, 6) is 0.457. The Bertz CT molecular complexity index is 165. The van der Waals surface area contributed by atoms with Crippen molar-refractivity contribution in [2.75, 3.05) is 19.6 Å². The third-order valence-corrected chi connectivity index (χ3v) is 2.75. The monoisotopic (exact) mass is 198 g/mol. The Morgan fingerprint density at radius 2 is 2.36 bits per heavy atom. The molecule has 1 rings (SSSR count). The van der Waals surface area contributed by atoms with Crippen LogP contribution in [0.4, 0.5) is 0 Å². The van der Waals surface area contributed by atoms with Gasteiger partial charge in [-0.2, -0.15) is 0 Å². The molecule has 0 radical (unpaired) electrons. The van der Waals surface area contributed by atoms with E-state index in [-0.39, 0.29) is 11.8 Å². The molecule has 0 aromatic heterocycles. The van der Waals surface area contributed by atoms with Gasteiger partial charge in [-0.15, -0.1) is 0 Å². The van der Waals surface area contributed by atoms with E-state index in [0.29, 0.717) is 0 Å². The van der Waals surface area contributed by atoms with Gasteiger partial charge >= 0.3 is 0 Å². The number of unbranched alkanes of at least 4 members (excludes halogenated alkanes) is 2. The lowest BCUT2D eigenvalue weighted by molar-refractivity contribution is -0.125. The molecule has 1 amide bonds. The minimum atomic E-state index is 0.213. The van der Waals surface area contributed by atoms with Crippen LogP contribution in [0.3, 0.4) is 0 Å². The molecule has 0 saturated carbocycles. The van der Waals surface area contributed by atoms with E-state index in [0.717, 1.165) is 38.9 Å². The zero-order valence-electron chi connectivity index (χ0n) is 9.14. The van der Waals surface area contributed by atoms with Gasteiger partial charge in [0.1, 0.15) is 0 Å². The number of hydrogen-bond donors (Lipinski definition) is 2. The van der Waals surface area contributed by atoms with Crippen LogP contribution in [0.2, 0.25) is 0 Å². The molecule has 0 aromatic rings. The van der Waals surface area contributed by atoms with Gasteiger partial charge in [0.15, 0.2) is 0 Å². The highest BCUT2D eigenvalue weighted by Gasteiger charge is 2.19. The van der Waals surface area contributed by atoms with Gasteiger partial charge in [-0.3, -0.25) is 4.79 Å². The SMILES string of the molecule is CCCCCNC(=O)C1CCCNC1. The summed E-state index contributed by atoms with van der Waals surface area (Å²) in [6, 6.07) is 0. The second-order valence-electron chi connectivity index (χ2n) is 4.04. The first-order valence-electron chi connectivity index (χ1n) is 5.83. The van der Waals surface area contributed by atoms with Crippen molar-refractivity contribution in [1.29, 1.82) is 0 Å². The number of nitrogens with one attached hydrogen (secondary N) is 2. The van der Waals surface area contributed by atoms with Crippen molar-refractivity contribution in [3.63, 3.8) is 0 Å². The highest BCUT2D eigenvalue weighted by Crippen LogP contribution is 2.09. The van der Waals surface area contributed by atoms with Gasteiger partial charge in [-0.1, -0.05) is 19.8 Å². The molecule has 14 heavy (non-hydrogen) atoms. The minimum absolute atomic E-state index is 0.213. The van der Waals surface area contributed by atoms with E-state index in [1.54, 1.807) is 0 Å². The van der Waals surface area contributed by atoms with E-state index >= 15 is 0 Å². The maximum absolute atomic E-state index is 11.6. The van der Waals surface area contributed by atoms with Crippen LogP contribution < -0.4 is 10.6 Å². The number of hydrogen-bond acceptors (Lipinski definition) is 2. The van der Waals surface area contributed by atoms with Crippen LogP contribution in [-0.4, -0.2) is 25.5 Å². The Kier molecular flexibility index (Phi) is 5.60. The van der Waals surface area contributed by atoms with Crippen LogP contribution in [0.5, 0.6) is 0 Å². The van der Waals surface area contributed by atoms with E-state index in [9.17, 15) is 4.79 Å². The van der Waals surface area contributed by atoms with Crippen LogP contribution in [0, 0.1) is 5.92 Å². The van der Waals surface area contributed by atoms with Crippen LogP contribution >= 0.6 is 0 Å². The highest BCUT2D eigenvalue weighted by atomic mass is 16.1. The maximum atomic E-state index is 11.6. The first-order valence-corrected chi connectivity index (χ1v) is 5.83. The Balaban J connectivity index is 2.07. The Morgan fingerprint density at radius 3 is 3.00 bits per heavy atom. The molecule has 1 unspecified atom stereocenters. The average Bonchev–Trinajstić information content (AvgIpc) is 2.25. The summed E-state index contributed by atoms with van der Waals surface area (Å²) in [6.45, 7) is 4.95. The van der Waals surface area contributed by atoms with Gasteiger partial charge in [-0.25, -0.2) is 0 Å². The Morgan fingerprint density at radius 1 is 1.50 bits per heavy atom. The molecule has 1 aliphatic heterocycles. The fourth-order valence-corrected chi connectivity index (χ4v) is 1.81. The summed E-state index contributed by atoms with van der Waals surface area (Å²) in [7, 11) is 0. The van der Waals surface area contributed by atoms with Crippen LogP contribution in [-0.2, 0) is 4.79 Å². The van der Waals surface area contributed by atoms with E-state index < -0.39 is 0 Å². The summed E-state index contributed by atoms with van der Waals surface area (Å²) in [5.41, 5.74) is 0. The molecule has 0 spiro atoms. The molecular weight excluding hydrogens is 176 g/mol. The van der Waals surface area contributed by atoms with Gasteiger partial charge in [0, 0.05) is 13.1 Å². The van der Waals surface area contributed by atoms with Crippen LogP contribution in [0.25, 0.3) is 0 Å². The summed E-state index contributed by atoms with van der Waals surface area (Å²) in [6.07, 6.45) is 5.71. The van der Waals surface area contributed by atoms with Gasteiger partial charge in [0.25, 0.3) is 0 Å². The molecular formula is C11H22N2O. The molecule has 1 aliphatic rings. The van der Waals surface area contributed by atoms with Crippen molar-refractivity contribution in [3.8, 4) is 0 Å². The van der Waals surface area contributed by atoms with Gasteiger partial charge in [0.05, 0.1) is 5.92 Å². The number of rotatable bonds is 5. The van der Waals surface area contributed by atoms with E-state index in [2.05, 4.69) is 17.6 Å². The third-order valence-electron chi connectivity index (χ3n) is 2.75. The second kappa shape index (κ2) is 6.82. The molecule has 1 atom stereocenters. The molecule has 1 saturated heterocycles. The lowest BCUT2D eigenvalue weighted by Gasteiger charge is -2.21. The van der Waals surface area contributed by atoms with Crippen LogP contribution in [0.1, 0.15) is 39.0 Å². The quantitative estimate of drug-likeness (QED) is 0.654. The van der Waals surface area contributed by atoms with E-state index in [1.165, 1.54) is 12.8 Å². The van der Waals surface area contributed by atoms with Crippen molar-refractivity contribution >= 4 is 5.91 Å². The predicted octanol–water partition coefficient (Wildman–Crippen LogP) is 1.29. The average molecular weight is 198 g/mol. The summed E-state index contributed by atoms with van der Waals surface area (Å²) < 4.78 is 0. The fraction of sp³-hybridized carbons (Fsp3) is 0.909. The molecule has 0 aromatic carbocycles. The number of carbonyl (C=O) groups is 1. The van der Waals surface area contributed by atoms with Gasteiger partial charge in [0.2, 0.25) is 5.91 Å².